The van der Waals surface area contributed by atoms with Crippen molar-refractivity contribution in [2.45, 2.75) is 6.92 Å². The minimum Gasteiger partial charge on any atom is -0.381 e. The molecule has 0 amide bonds. The van der Waals surface area contributed by atoms with E-state index in [0.717, 1.165) is 3.57 Å². The van der Waals surface area contributed by atoms with Crippen molar-refractivity contribution in [2.24, 2.45) is 0 Å². The van der Waals surface area contributed by atoms with Crippen LogP contribution in [-0.2, 0) is 14.8 Å². The second kappa shape index (κ2) is 6.41. The monoisotopic (exact) mass is 355 g/mol. The Balaban J connectivity index is 2.55. The van der Waals surface area contributed by atoms with Crippen LogP contribution < -0.4 is 4.72 Å². The third-order valence-corrected chi connectivity index (χ3v) is 3.79. The summed E-state index contributed by atoms with van der Waals surface area (Å²) in [5, 5.41) is 0. The van der Waals surface area contributed by atoms with E-state index in [2.05, 4.69) is 27.3 Å². The summed E-state index contributed by atoms with van der Waals surface area (Å²) in [5.74, 6) is -0.0210. The number of ether oxygens (including phenoxy) is 1. The summed E-state index contributed by atoms with van der Waals surface area (Å²) in [5.41, 5.74) is 0.580. The molecule has 0 saturated carbocycles. The van der Waals surface area contributed by atoms with E-state index in [1.54, 1.807) is 12.1 Å². The summed E-state index contributed by atoms with van der Waals surface area (Å²) in [6, 6.07) is 7.17. The normalized spacial score (nSPS) is 11.4. The van der Waals surface area contributed by atoms with Gasteiger partial charge in [-0.3, -0.25) is 4.72 Å². The van der Waals surface area contributed by atoms with Gasteiger partial charge in [-0.2, -0.15) is 0 Å². The molecule has 0 saturated heterocycles. The maximum absolute atomic E-state index is 11.6. The fourth-order valence-electron chi connectivity index (χ4n) is 1.06. The number of halogens is 1. The Morgan fingerprint density at radius 2 is 1.94 bits per heavy atom. The Morgan fingerprint density at radius 1 is 1.31 bits per heavy atom. The standard InChI is InChI=1S/C10H14INO3S/c1-2-15-7-8-16(13,14)12-10-5-3-9(11)4-6-10/h3-6,12H,2,7-8H2,1H3. The number of anilines is 1. The van der Waals surface area contributed by atoms with Gasteiger partial charge in [-0.05, 0) is 53.8 Å². The fraction of sp³-hybridized carbons (Fsp3) is 0.400. The van der Waals surface area contributed by atoms with Crippen molar-refractivity contribution in [1.29, 1.82) is 0 Å². The molecule has 1 aromatic rings. The van der Waals surface area contributed by atoms with Crippen LogP contribution in [0.25, 0.3) is 0 Å². The molecule has 0 aromatic heterocycles. The molecule has 1 rings (SSSR count). The Hall–Kier alpha value is -0.340. The summed E-state index contributed by atoms with van der Waals surface area (Å²) in [6.07, 6.45) is 0. The van der Waals surface area contributed by atoms with E-state index in [1.807, 2.05) is 19.1 Å². The quantitative estimate of drug-likeness (QED) is 0.628. The Kier molecular flexibility index (Phi) is 5.50. The van der Waals surface area contributed by atoms with Crippen LogP contribution in [0.1, 0.15) is 6.92 Å². The van der Waals surface area contributed by atoms with Crippen LogP contribution >= 0.6 is 22.6 Å². The van der Waals surface area contributed by atoms with E-state index >= 15 is 0 Å². The van der Waals surface area contributed by atoms with Crippen LogP contribution in [-0.4, -0.2) is 27.4 Å². The molecule has 0 bridgehead atoms. The van der Waals surface area contributed by atoms with Crippen LogP contribution in [0, 0.1) is 3.57 Å². The highest BCUT2D eigenvalue weighted by Gasteiger charge is 2.09. The smallest absolute Gasteiger partial charge is 0.234 e. The van der Waals surface area contributed by atoms with E-state index in [1.165, 1.54) is 0 Å². The molecule has 0 unspecified atom stereocenters. The molecule has 0 aliphatic carbocycles. The largest absolute Gasteiger partial charge is 0.381 e. The summed E-state index contributed by atoms with van der Waals surface area (Å²) < 4.78 is 31.7. The van der Waals surface area contributed by atoms with E-state index < -0.39 is 10.0 Å². The number of sulfonamides is 1. The van der Waals surface area contributed by atoms with E-state index in [-0.39, 0.29) is 12.4 Å². The van der Waals surface area contributed by atoms with Crippen LogP contribution in [0.15, 0.2) is 24.3 Å². The van der Waals surface area contributed by atoms with Crippen molar-refractivity contribution in [3.63, 3.8) is 0 Å². The first-order valence-electron chi connectivity index (χ1n) is 4.87. The maximum atomic E-state index is 11.6. The molecule has 16 heavy (non-hydrogen) atoms. The number of rotatable bonds is 6. The van der Waals surface area contributed by atoms with Gasteiger partial charge in [-0.25, -0.2) is 8.42 Å². The SMILES string of the molecule is CCOCCS(=O)(=O)Nc1ccc(I)cc1. The van der Waals surface area contributed by atoms with Crippen LogP contribution in [0.3, 0.4) is 0 Å². The Labute approximate surface area is 110 Å². The van der Waals surface area contributed by atoms with Crippen LogP contribution in [0.5, 0.6) is 0 Å². The highest BCUT2D eigenvalue weighted by molar-refractivity contribution is 14.1. The fourth-order valence-corrected chi connectivity index (χ4v) is 2.36. The average molecular weight is 355 g/mol. The number of benzene rings is 1. The lowest BCUT2D eigenvalue weighted by atomic mass is 10.3. The molecule has 6 heteroatoms. The molecule has 0 aliphatic heterocycles. The van der Waals surface area contributed by atoms with Crippen molar-refractivity contribution in [2.75, 3.05) is 23.7 Å². The van der Waals surface area contributed by atoms with E-state index in [0.29, 0.717) is 12.3 Å². The number of nitrogens with one attached hydrogen (secondary N) is 1. The molecular weight excluding hydrogens is 341 g/mol. The van der Waals surface area contributed by atoms with Crippen molar-refractivity contribution >= 4 is 38.3 Å². The zero-order valence-electron chi connectivity index (χ0n) is 8.94. The summed E-state index contributed by atoms with van der Waals surface area (Å²) >= 11 is 2.16. The predicted octanol–water partition coefficient (Wildman–Crippen LogP) is 2.07. The summed E-state index contributed by atoms with van der Waals surface area (Å²) in [7, 11) is -3.30. The first-order valence-corrected chi connectivity index (χ1v) is 7.60. The second-order valence-electron chi connectivity index (χ2n) is 3.12. The van der Waals surface area contributed by atoms with Gasteiger partial charge in [0, 0.05) is 15.9 Å². The summed E-state index contributed by atoms with van der Waals surface area (Å²) in [6.45, 7) is 2.58. The third-order valence-electron chi connectivity index (χ3n) is 1.82. The molecule has 0 atom stereocenters. The first-order chi connectivity index (χ1) is 7.53. The molecule has 0 heterocycles. The molecule has 0 fully saturated rings. The molecular formula is C10H14INO3S. The lowest BCUT2D eigenvalue weighted by Crippen LogP contribution is -2.20. The minimum absolute atomic E-state index is 0.0210. The highest BCUT2D eigenvalue weighted by Crippen LogP contribution is 2.12. The van der Waals surface area contributed by atoms with E-state index in [4.69, 9.17) is 4.74 Å². The van der Waals surface area contributed by atoms with Crippen molar-refractivity contribution in [3.8, 4) is 0 Å². The van der Waals surface area contributed by atoms with Gasteiger partial charge >= 0.3 is 0 Å². The molecule has 0 aliphatic rings. The van der Waals surface area contributed by atoms with E-state index in [9.17, 15) is 8.42 Å². The molecule has 0 radical (unpaired) electrons. The summed E-state index contributed by atoms with van der Waals surface area (Å²) in [4.78, 5) is 0. The zero-order valence-corrected chi connectivity index (χ0v) is 11.9. The van der Waals surface area contributed by atoms with Crippen molar-refractivity contribution in [3.05, 3.63) is 27.8 Å². The second-order valence-corrected chi connectivity index (χ2v) is 6.21. The highest BCUT2D eigenvalue weighted by atomic mass is 127. The third kappa shape index (κ3) is 5.13. The topological polar surface area (TPSA) is 55.4 Å². The van der Waals surface area contributed by atoms with Gasteiger partial charge in [0.05, 0.1) is 12.4 Å². The van der Waals surface area contributed by atoms with Gasteiger partial charge in [0.1, 0.15) is 0 Å². The maximum Gasteiger partial charge on any atom is 0.234 e. The zero-order chi connectivity index (χ0) is 12.0. The number of hydrogen-bond donors (Lipinski definition) is 1. The predicted molar refractivity (Wildman–Crippen MR) is 73.1 cm³/mol. The van der Waals surface area contributed by atoms with Crippen LogP contribution in [0.4, 0.5) is 5.69 Å². The molecule has 4 nitrogen and oxygen atoms in total. The number of hydrogen-bond acceptors (Lipinski definition) is 3. The molecule has 90 valence electrons. The minimum atomic E-state index is -3.30. The van der Waals surface area contributed by atoms with Gasteiger partial charge in [-0.15, -0.1) is 0 Å². The first kappa shape index (κ1) is 13.7. The van der Waals surface area contributed by atoms with Gasteiger partial charge in [-0.1, -0.05) is 0 Å². The average Bonchev–Trinajstić information content (AvgIpc) is 2.21. The molecule has 1 N–H and O–H groups in total. The van der Waals surface area contributed by atoms with Crippen molar-refractivity contribution < 1.29 is 13.2 Å². The van der Waals surface area contributed by atoms with Gasteiger partial charge in [0.25, 0.3) is 0 Å². The Bertz CT molecular complexity index is 416. The molecule has 1 aromatic carbocycles. The lowest BCUT2D eigenvalue weighted by molar-refractivity contribution is 0.163. The van der Waals surface area contributed by atoms with Crippen molar-refractivity contribution in [1.82, 2.24) is 0 Å². The van der Waals surface area contributed by atoms with Crippen LogP contribution in [0.2, 0.25) is 0 Å². The van der Waals surface area contributed by atoms with Gasteiger partial charge in [0.15, 0.2) is 0 Å². The lowest BCUT2D eigenvalue weighted by Gasteiger charge is -2.07. The molecule has 0 spiro atoms. The van der Waals surface area contributed by atoms with Gasteiger partial charge < -0.3 is 4.74 Å². The Morgan fingerprint density at radius 3 is 2.50 bits per heavy atom. The van der Waals surface area contributed by atoms with Gasteiger partial charge in [0.2, 0.25) is 10.0 Å².